The Bertz CT molecular complexity index is 3080. The highest BCUT2D eigenvalue weighted by atomic mass is 16.5. The first-order valence-electron chi connectivity index (χ1n) is 34.5. The second-order valence-corrected chi connectivity index (χ2v) is 25.2. The number of aryl methyl sites for hydroxylation is 3. The van der Waals surface area contributed by atoms with Gasteiger partial charge >= 0.3 is 0 Å². The van der Waals surface area contributed by atoms with E-state index < -0.39 is 5.41 Å². The third kappa shape index (κ3) is 15.8. The van der Waals surface area contributed by atoms with Crippen molar-refractivity contribution in [2.75, 3.05) is 31.3 Å². The van der Waals surface area contributed by atoms with Gasteiger partial charge in [-0.1, -0.05) is 247 Å². The maximum absolute atomic E-state index is 7.06. The van der Waals surface area contributed by atoms with Crippen LogP contribution >= 0.6 is 0 Å². The predicted octanol–water partition coefficient (Wildman–Crippen LogP) is 24.1. The molecule has 2 aliphatic carbocycles. The first-order valence-corrected chi connectivity index (χ1v) is 34.5. The highest BCUT2D eigenvalue weighted by Crippen LogP contribution is 2.65. The van der Waals surface area contributed by atoms with Crippen molar-refractivity contribution >= 4 is 17.1 Å². The number of unbranched alkanes of at least 4 members (excludes halogenated alkanes) is 21. The molecule has 0 fully saturated rings. The van der Waals surface area contributed by atoms with Gasteiger partial charge in [-0.25, -0.2) is 0 Å². The van der Waals surface area contributed by atoms with Gasteiger partial charge in [0.1, 0.15) is 0 Å². The number of fused-ring (bicyclic) bond motifs is 10. The Morgan fingerprint density at radius 2 is 0.628 bits per heavy atom. The minimum Gasteiger partial charge on any atom is -0.490 e. The molecule has 0 saturated heterocycles. The average molecular weight is 1160 g/mol. The standard InChI is InChI=1S/C81H105NO4/c1-8-13-18-22-26-30-51-83-77-57-71-72-58-78(84-52-31-27-23-19-14-9-2)80(86-54-33-29-25-21-16-11-4)60-76(72)81(75(71)59-79(77)85-53-32-28-24-20-15-10-3)73-55-62(7)37-49-69(73)70-50-42-65(56-74(70)81)64-40-47-68(48-41-64)82(66-43-35-61(6)36-44-66)67-45-38-63(39-46-67)34-17-12-5/h35-50,55-60H,8-34,51-54H2,1-7H3. The van der Waals surface area contributed by atoms with Crippen molar-refractivity contribution in [3.63, 3.8) is 0 Å². The van der Waals surface area contributed by atoms with Gasteiger partial charge in [0.15, 0.2) is 23.0 Å². The molecule has 5 nitrogen and oxygen atoms in total. The number of hydrogen-bond donors (Lipinski definition) is 0. The van der Waals surface area contributed by atoms with Gasteiger partial charge in [0.05, 0.1) is 31.8 Å². The van der Waals surface area contributed by atoms with E-state index in [2.05, 4.69) is 187 Å². The Morgan fingerprint density at radius 3 is 1.07 bits per heavy atom. The number of ether oxygens (including phenoxy) is 4. The van der Waals surface area contributed by atoms with E-state index in [1.807, 2.05) is 0 Å². The molecule has 0 atom stereocenters. The van der Waals surface area contributed by atoms with Gasteiger partial charge in [0.25, 0.3) is 0 Å². The summed E-state index contributed by atoms with van der Waals surface area (Å²) in [5.74, 6) is 3.37. The van der Waals surface area contributed by atoms with Crippen molar-refractivity contribution in [3.8, 4) is 56.4 Å². The molecular weight excluding hydrogens is 1050 g/mol. The lowest BCUT2D eigenvalue weighted by atomic mass is 9.70. The highest BCUT2D eigenvalue weighted by molar-refractivity contribution is 5.97. The van der Waals surface area contributed by atoms with Crippen LogP contribution < -0.4 is 23.8 Å². The highest BCUT2D eigenvalue weighted by Gasteiger charge is 2.53. The van der Waals surface area contributed by atoms with Crippen LogP contribution in [0.3, 0.4) is 0 Å². The number of anilines is 3. The Labute approximate surface area is 520 Å². The number of rotatable bonds is 39. The molecule has 5 heteroatoms. The normalized spacial score (nSPS) is 12.5. The summed E-state index contributed by atoms with van der Waals surface area (Å²) < 4.78 is 28.1. The van der Waals surface area contributed by atoms with Crippen molar-refractivity contribution in [3.05, 3.63) is 172 Å². The van der Waals surface area contributed by atoms with Gasteiger partial charge < -0.3 is 23.8 Å². The van der Waals surface area contributed by atoms with E-state index in [9.17, 15) is 0 Å². The Kier molecular flexibility index (Phi) is 24.6. The van der Waals surface area contributed by atoms with Crippen molar-refractivity contribution in [1.82, 2.24) is 0 Å². The minimum atomic E-state index is -0.686. The second-order valence-electron chi connectivity index (χ2n) is 25.2. The monoisotopic (exact) mass is 1160 g/mol. The molecule has 0 aromatic heterocycles. The fourth-order valence-corrected chi connectivity index (χ4v) is 13.4. The summed E-state index contributed by atoms with van der Waals surface area (Å²) in [6, 6.07) is 51.3. The molecule has 7 aromatic carbocycles. The van der Waals surface area contributed by atoms with Crippen LogP contribution in [0.2, 0.25) is 0 Å². The molecule has 0 heterocycles. The summed E-state index contributed by atoms with van der Waals surface area (Å²) in [7, 11) is 0. The molecule has 0 amide bonds. The van der Waals surface area contributed by atoms with Crippen LogP contribution in [-0.2, 0) is 11.8 Å². The lowest BCUT2D eigenvalue weighted by molar-refractivity contribution is 0.258. The zero-order chi connectivity index (χ0) is 59.9. The minimum absolute atomic E-state index is 0.656. The van der Waals surface area contributed by atoms with Crippen LogP contribution in [0.5, 0.6) is 23.0 Å². The quantitative estimate of drug-likeness (QED) is 0.0359. The fraction of sp³-hybridized carbons (Fsp3) is 0.481. The summed E-state index contributed by atoms with van der Waals surface area (Å²) in [4.78, 5) is 2.39. The van der Waals surface area contributed by atoms with Crippen LogP contribution in [0.25, 0.3) is 33.4 Å². The van der Waals surface area contributed by atoms with Crippen LogP contribution in [0.1, 0.15) is 241 Å². The van der Waals surface area contributed by atoms with E-state index in [0.29, 0.717) is 26.4 Å². The lowest BCUT2D eigenvalue weighted by Gasteiger charge is -2.32. The van der Waals surface area contributed by atoms with Gasteiger partial charge in [-0.15, -0.1) is 0 Å². The molecule has 0 radical (unpaired) electrons. The van der Waals surface area contributed by atoms with E-state index in [1.165, 1.54) is 201 Å². The van der Waals surface area contributed by atoms with Crippen molar-refractivity contribution in [1.29, 1.82) is 0 Å². The summed E-state index contributed by atoms with van der Waals surface area (Å²) in [5.41, 5.74) is 19.0. The average Bonchev–Trinajstić information content (AvgIpc) is 1.51. The zero-order valence-electron chi connectivity index (χ0n) is 54.2. The molecule has 0 bridgehead atoms. The van der Waals surface area contributed by atoms with E-state index in [1.54, 1.807) is 0 Å². The van der Waals surface area contributed by atoms with Gasteiger partial charge in [0, 0.05) is 17.1 Å². The Morgan fingerprint density at radius 1 is 0.291 bits per heavy atom. The van der Waals surface area contributed by atoms with Gasteiger partial charge in [0.2, 0.25) is 0 Å². The fourth-order valence-electron chi connectivity index (χ4n) is 13.4. The van der Waals surface area contributed by atoms with Gasteiger partial charge in [-0.2, -0.15) is 0 Å². The van der Waals surface area contributed by atoms with Gasteiger partial charge in [-0.3, -0.25) is 0 Å². The second kappa shape index (κ2) is 33.0. The SMILES string of the molecule is CCCCCCCCOc1cc2c(cc1OCCCCCCCC)C1(c3cc(C)ccc3-c3ccc(-c4ccc(N(c5ccc(C)cc5)c5ccc(CCCC)cc5)cc4)cc31)c1cc(OCCCCCCCC)c(OCCCCCCCC)cc1-2. The summed E-state index contributed by atoms with van der Waals surface area (Å²) in [5, 5.41) is 0. The molecule has 7 aromatic rings. The van der Waals surface area contributed by atoms with Crippen molar-refractivity contribution < 1.29 is 18.9 Å². The van der Waals surface area contributed by atoms with Crippen LogP contribution in [-0.4, -0.2) is 26.4 Å². The maximum Gasteiger partial charge on any atom is 0.161 e. The first kappa shape index (κ1) is 64.0. The van der Waals surface area contributed by atoms with E-state index in [-0.39, 0.29) is 0 Å². The molecule has 0 aliphatic heterocycles. The third-order valence-electron chi connectivity index (χ3n) is 18.3. The van der Waals surface area contributed by atoms with Crippen LogP contribution in [0, 0.1) is 13.8 Å². The lowest BCUT2D eigenvalue weighted by Crippen LogP contribution is -2.26. The van der Waals surface area contributed by atoms with Crippen molar-refractivity contribution in [2.45, 2.75) is 227 Å². The third-order valence-corrected chi connectivity index (χ3v) is 18.3. The van der Waals surface area contributed by atoms with Gasteiger partial charge in [-0.05, 0) is 180 Å². The summed E-state index contributed by atoms with van der Waals surface area (Å²) in [6.07, 6.45) is 32.5. The molecule has 9 rings (SSSR count). The number of benzene rings is 7. The largest absolute Gasteiger partial charge is 0.490 e. The number of nitrogens with zero attached hydrogens (tertiary/aromatic N) is 1. The predicted molar refractivity (Wildman–Crippen MR) is 366 cm³/mol. The molecule has 2 aliphatic rings. The Hall–Kier alpha value is -6.46. The van der Waals surface area contributed by atoms with Crippen LogP contribution in [0.15, 0.2) is 133 Å². The molecule has 0 unspecified atom stereocenters. The smallest absolute Gasteiger partial charge is 0.161 e. The number of hydrogen-bond acceptors (Lipinski definition) is 5. The molecule has 458 valence electrons. The van der Waals surface area contributed by atoms with Crippen molar-refractivity contribution in [2.24, 2.45) is 0 Å². The van der Waals surface area contributed by atoms with Crippen LogP contribution in [0.4, 0.5) is 17.1 Å². The molecule has 0 N–H and O–H groups in total. The van der Waals surface area contributed by atoms with E-state index in [4.69, 9.17) is 18.9 Å². The molecule has 0 saturated carbocycles. The zero-order valence-corrected chi connectivity index (χ0v) is 54.2. The summed E-state index contributed by atoms with van der Waals surface area (Å²) >= 11 is 0. The maximum atomic E-state index is 7.06. The Balaban J connectivity index is 1.18. The first-order chi connectivity index (χ1) is 42.3. The molecular formula is C81H105NO4. The molecule has 1 spiro atoms. The van der Waals surface area contributed by atoms with E-state index in [0.717, 1.165) is 85.0 Å². The summed E-state index contributed by atoms with van der Waals surface area (Å²) in [6.45, 7) is 18.5. The topological polar surface area (TPSA) is 40.2 Å². The molecule has 86 heavy (non-hydrogen) atoms. The van der Waals surface area contributed by atoms with E-state index >= 15 is 0 Å².